The Morgan fingerprint density at radius 3 is 2.16 bits per heavy atom. The molecule has 0 spiro atoms. The van der Waals surface area contributed by atoms with Crippen LogP contribution in [0.25, 0.3) is 0 Å². The summed E-state index contributed by atoms with van der Waals surface area (Å²) in [4.78, 5) is 24.0. The molecule has 7 heteroatoms. The number of carbonyl (C=O) groups excluding carboxylic acids is 2. The third-order valence-corrected chi connectivity index (χ3v) is 4.01. The first-order valence-electron chi connectivity index (χ1n) is 9.69. The summed E-state index contributed by atoms with van der Waals surface area (Å²) in [5.41, 5.74) is 3.55. The maximum Gasteiger partial charge on any atom is 0.343 e. The Morgan fingerprint density at radius 2 is 1.48 bits per heavy atom. The summed E-state index contributed by atoms with van der Waals surface area (Å²) in [5, 5.41) is 3.89. The SMILES string of the molecule is CCOc1ccc(C(=O)Oc2ccc(C=NNC(=O)COc3ccccc3)cc2)cc1. The Labute approximate surface area is 180 Å². The molecule has 3 aromatic carbocycles. The second-order valence-corrected chi connectivity index (χ2v) is 6.31. The van der Waals surface area contributed by atoms with Crippen molar-refractivity contribution in [1.29, 1.82) is 0 Å². The Bertz CT molecular complexity index is 1020. The molecule has 0 bridgehead atoms. The molecule has 0 radical (unpaired) electrons. The van der Waals surface area contributed by atoms with Gasteiger partial charge in [0, 0.05) is 0 Å². The van der Waals surface area contributed by atoms with Gasteiger partial charge in [-0.25, -0.2) is 10.2 Å². The quantitative estimate of drug-likeness (QED) is 0.247. The third kappa shape index (κ3) is 7.01. The van der Waals surface area contributed by atoms with Crippen LogP contribution in [0.5, 0.6) is 17.2 Å². The summed E-state index contributed by atoms with van der Waals surface area (Å²) >= 11 is 0. The maximum absolute atomic E-state index is 12.2. The number of carbonyl (C=O) groups is 2. The molecule has 0 aliphatic rings. The zero-order valence-corrected chi connectivity index (χ0v) is 17.0. The Morgan fingerprint density at radius 1 is 0.839 bits per heavy atom. The second-order valence-electron chi connectivity index (χ2n) is 6.31. The highest BCUT2D eigenvalue weighted by Gasteiger charge is 2.09. The number of amides is 1. The molecule has 3 aromatic rings. The number of hydrogen-bond donors (Lipinski definition) is 1. The molecule has 0 aromatic heterocycles. The van der Waals surface area contributed by atoms with Crippen molar-refractivity contribution in [2.24, 2.45) is 5.10 Å². The van der Waals surface area contributed by atoms with Crippen LogP contribution in [-0.2, 0) is 4.79 Å². The smallest absolute Gasteiger partial charge is 0.343 e. The van der Waals surface area contributed by atoms with Crippen molar-refractivity contribution in [2.75, 3.05) is 13.2 Å². The minimum absolute atomic E-state index is 0.137. The normalized spacial score (nSPS) is 10.5. The van der Waals surface area contributed by atoms with E-state index in [1.807, 2.05) is 25.1 Å². The van der Waals surface area contributed by atoms with E-state index in [0.29, 0.717) is 29.4 Å². The van der Waals surface area contributed by atoms with E-state index in [1.165, 1.54) is 6.21 Å². The summed E-state index contributed by atoms with van der Waals surface area (Å²) in [5.74, 6) is 0.867. The topological polar surface area (TPSA) is 86.2 Å². The van der Waals surface area contributed by atoms with E-state index in [0.717, 1.165) is 5.56 Å². The largest absolute Gasteiger partial charge is 0.494 e. The highest BCUT2D eigenvalue weighted by molar-refractivity contribution is 5.91. The summed E-state index contributed by atoms with van der Waals surface area (Å²) < 4.78 is 16.1. The van der Waals surface area contributed by atoms with Crippen LogP contribution < -0.4 is 19.6 Å². The van der Waals surface area contributed by atoms with Crippen LogP contribution in [0, 0.1) is 0 Å². The monoisotopic (exact) mass is 418 g/mol. The van der Waals surface area contributed by atoms with Gasteiger partial charge in [-0.1, -0.05) is 18.2 Å². The van der Waals surface area contributed by atoms with Crippen molar-refractivity contribution in [3.63, 3.8) is 0 Å². The van der Waals surface area contributed by atoms with E-state index in [-0.39, 0.29) is 12.5 Å². The zero-order chi connectivity index (χ0) is 21.9. The van der Waals surface area contributed by atoms with E-state index in [1.54, 1.807) is 60.7 Å². The first-order chi connectivity index (χ1) is 15.1. The average Bonchev–Trinajstić information content (AvgIpc) is 2.80. The van der Waals surface area contributed by atoms with E-state index in [9.17, 15) is 9.59 Å². The van der Waals surface area contributed by atoms with Gasteiger partial charge in [0.2, 0.25) is 0 Å². The van der Waals surface area contributed by atoms with E-state index < -0.39 is 5.97 Å². The van der Waals surface area contributed by atoms with Gasteiger partial charge >= 0.3 is 5.97 Å². The van der Waals surface area contributed by atoms with Crippen molar-refractivity contribution >= 4 is 18.1 Å². The van der Waals surface area contributed by atoms with E-state index in [4.69, 9.17) is 14.2 Å². The Hall–Kier alpha value is -4.13. The lowest BCUT2D eigenvalue weighted by atomic mass is 10.2. The maximum atomic E-state index is 12.2. The van der Waals surface area contributed by atoms with E-state index >= 15 is 0 Å². The van der Waals surface area contributed by atoms with Crippen LogP contribution in [0.3, 0.4) is 0 Å². The number of para-hydroxylation sites is 1. The summed E-state index contributed by atoms with van der Waals surface area (Å²) in [6.07, 6.45) is 1.48. The van der Waals surface area contributed by atoms with Crippen molar-refractivity contribution in [3.8, 4) is 17.2 Å². The molecule has 1 N–H and O–H groups in total. The number of nitrogens with one attached hydrogen (secondary N) is 1. The van der Waals surface area contributed by atoms with Crippen LogP contribution in [-0.4, -0.2) is 31.3 Å². The van der Waals surface area contributed by atoms with Crippen LogP contribution in [0.15, 0.2) is 84.0 Å². The van der Waals surface area contributed by atoms with Gasteiger partial charge in [0.1, 0.15) is 17.2 Å². The molecule has 0 saturated heterocycles. The van der Waals surface area contributed by atoms with Gasteiger partial charge in [-0.05, 0) is 73.2 Å². The number of hydrogen-bond acceptors (Lipinski definition) is 6. The molecule has 0 saturated carbocycles. The Balaban J connectivity index is 1.45. The molecule has 0 fully saturated rings. The second kappa shape index (κ2) is 11.2. The van der Waals surface area contributed by atoms with E-state index in [2.05, 4.69) is 10.5 Å². The number of esters is 1. The van der Waals surface area contributed by atoms with Crippen molar-refractivity contribution in [1.82, 2.24) is 5.43 Å². The van der Waals surface area contributed by atoms with Gasteiger partial charge in [-0.3, -0.25) is 4.79 Å². The van der Waals surface area contributed by atoms with Crippen LogP contribution in [0.2, 0.25) is 0 Å². The van der Waals surface area contributed by atoms with Crippen LogP contribution in [0.4, 0.5) is 0 Å². The first kappa shape index (κ1) is 21.6. The summed E-state index contributed by atoms with van der Waals surface area (Å²) in [6, 6.07) is 22.5. The molecule has 0 atom stereocenters. The molecule has 0 aliphatic carbocycles. The highest BCUT2D eigenvalue weighted by atomic mass is 16.5. The van der Waals surface area contributed by atoms with Crippen LogP contribution >= 0.6 is 0 Å². The number of benzene rings is 3. The van der Waals surface area contributed by atoms with Crippen molar-refractivity contribution in [2.45, 2.75) is 6.92 Å². The fourth-order valence-electron chi connectivity index (χ4n) is 2.52. The van der Waals surface area contributed by atoms with Crippen molar-refractivity contribution < 1.29 is 23.8 Å². The number of nitrogens with zero attached hydrogens (tertiary/aromatic N) is 1. The van der Waals surface area contributed by atoms with Gasteiger partial charge in [-0.15, -0.1) is 0 Å². The predicted octanol–water partition coefficient (Wildman–Crippen LogP) is 3.83. The number of ether oxygens (including phenoxy) is 3. The number of hydrazone groups is 1. The fourth-order valence-corrected chi connectivity index (χ4v) is 2.52. The molecule has 0 heterocycles. The summed E-state index contributed by atoms with van der Waals surface area (Å²) in [6.45, 7) is 2.32. The predicted molar refractivity (Wildman–Crippen MR) is 117 cm³/mol. The fraction of sp³-hybridized carbons (Fsp3) is 0.125. The molecule has 0 aliphatic heterocycles. The molecular formula is C24H22N2O5. The third-order valence-electron chi connectivity index (χ3n) is 4.01. The van der Waals surface area contributed by atoms with Gasteiger partial charge in [0.05, 0.1) is 18.4 Å². The summed E-state index contributed by atoms with van der Waals surface area (Å²) in [7, 11) is 0. The molecular weight excluding hydrogens is 396 g/mol. The van der Waals surface area contributed by atoms with Gasteiger partial charge in [0.15, 0.2) is 6.61 Å². The lowest BCUT2D eigenvalue weighted by molar-refractivity contribution is -0.123. The standard InChI is InChI=1S/C24H22N2O5/c1-2-29-21-14-10-19(11-15-21)24(28)31-22-12-8-18(9-13-22)16-25-26-23(27)17-30-20-6-4-3-5-7-20/h3-16H,2,17H2,1H3,(H,26,27). The minimum Gasteiger partial charge on any atom is -0.494 e. The molecule has 7 nitrogen and oxygen atoms in total. The molecule has 1 amide bonds. The zero-order valence-electron chi connectivity index (χ0n) is 17.0. The Kier molecular flexibility index (Phi) is 7.77. The van der Waals surface area contributed by atoms with Crippen LogP contribution in [0.1, 0.15) is 22.8 Å². The lowest BCUT2D eigenvalue weighted by Gasteiger charge is -2.06. The van der Waals surface area contributed by atoms with Gasteiger partial charge in [-0.2, -0.15) is 5.10 Å². The lowest BCUT2D eigenvalue weighted by Crippen LogP contribution is -2.24. The van der Waals surface area contributed by atoms with Crippen molar-refractivity contribution in [3.05, 3.63) is 90.0 Å². The molecule has 0 unspecified atom stereocenters. The average molecular weight is 418 g/mol. The molecule has 31 heavy (non-hydrogen) atoms. The van der Waals surface area contributed by atoms with Gasteiger partial charge < -0.3 is 14.2 Å². The van der Waals surface area contributed by atoms with Gasteiger partial charge in [0.25, 0.3) is 5.91 Å². The molecule has 3 rings (SSSR count). The molecule has 158 valence electrons. The minimum atomic E-state index is -0.463. The highest BCUT2D eigenvalue weighted by Crippen LogP contribution is 2.16. The first-order valence-corrected chi connectivity index (χ1v) is 9.69. The number of rotatable bonds is 9.